The summed E-state index contributed by atoms with van der Waals surface area (Å²) < 4.78 is 5.55. The maximum Gasteiger partial charge on any atom is 0.305 e. The third kappa shape index (κ3) is 4.75. The average molecular weight is 251 g/mol. The Kier molecular flexibility index (Phi) is 5.65. The highest BCUT2D eigenvalue weighted by Gasteiger charge is 2.14. The highest BCUT2D eigenvalue weighted by atomic mass is 16.5. The fraction of sp³-hybridized carbons (Fsp3) is 0.500. The van der Waals surface area contributed by atoms with Crippen molar-refractivity contribution in [3.63, 3.8) is 0 Å². The molecule has 4 heteroatoms. The Morgan fingerprint density at radius 3 is 2.39 bits per heavy atom. The van der Waals surface area contributed by atoms with E-state index in [4.69, 9.17) is 9.84 Å². The van der Waals surface area contributed by atoms with Gasteiger partial charge in [0.2, 0.25) is 0 Å². The first-order valence-electron chi connectivity index (χ1n) is 6.24. The molecule has 0 aliphatic carbocycles. The number of carboxylic acid groups (broad SMARTS) is 1. The molecule has 18 heavy (non-hydrogen) atoms. The third-order valence-electron chi connectivity index (χ3n) is 2.48. The van der Waals surface area contributed by atoms with Gasteiger partial charge < -0.3 is 15.2 Å². The van der Waals surface area contributed by atoms with Crippen LogP contribution in [0.2, 0.25) is 0 Å². The molecular formula is C14H21NO3. The second-order valence-electron chi connectivity index (χ2n) is 4.44. The van der Waals surface area contributed by atoms with Gasteiger partial charge in [0.1, 0.15) is 5.75 Å². The van der Waals surface area contributed by atoms with Gasteiger partial charge in [-0.3, -0.25) is 4.79 Å². The van der Waals surface area contributed by atoms with Crippen LogP contribution in [0.4, 0.5) is 0 Å². The molecule has 0 aromatic heterocycles. The Morgan fingerprint density at radius 2 is 1.94 bits per heavy atom. The molecule has 1 unspecified atom stereocenters. The van der Waals surface area contributed by atoms with Crippen molar-refractivity contribution in [2.45, 2.75) is 39.3 Å². The molecular weight excluding hydrogens is 230 g/mol. The van der Waals surface area contributed by atoms with Crippen molar-refractivity contribution in [3.8, 4) is 5.75 Å². The summed E-state index contributed by atoms with van der Waals surface area (Å²) in [5.74, 6) is 0.00257. The number of carboxylic acids is 1. The van der Waals surface area contributed by atoms with E-state index in [1.165, 1.54) is 0 Å². The topological polar surface area (TPSA) is 58.6 Å². The van der Waals surface area contributed by atoms with Crippen molar-refractivity contribution < 1.29 is 14.6 Å². The van der Waals surface area contributed by atoms with E-state index in [1.807, 2.05) is 45.0 Å². The van der Waals surface area contributed by atoms with Crippen LogP contribution in [-0.4, -0.2) is 23.7 Å². The number of hydrogen-bond acceptors (Lipinski definition) is 3. The Labute approximate surface area is 108 Å². The molecule has 0 saturated heterocycles. The summed E-state index contributed by atoms with van der Waals surface area (Å²) in [7, 11) is 0. The van der Waals surface area contributed by atoms with Gasteiger partial charge in [0.15, 0.2) is 0 Å². The van der Waals surface area contributed by atoms with E-state index < -0.39 is 5.97 Å². The lowest BCUT2D eigenvalue weighted by atomic mass is 10.0. The van der Waals surface area contributed by atoms with Crippen molar-refractivity contribution in [2.75, 3.05) is 6.54 Å². The second-order valence-corrected chi connectivity index (χ2v) is 4.44. The highest BCUT2D eigenvalue weighted by Crippen LogP contribution is 2.21. The van der Waals surface area contributed by atoms with Crippen LogP contribution in [0, 0.1) is 0 Å². The van der Waals surface area contributed by atoms with Gasteiger partial charge in [-0.2, -0.15) is 0 Å². The molecule has 1 aromatic rings. The molecule has 100 valence electrons. The number of aliphatic carboxylic acids is 1. The minimum atomic E-state index is -0.802. The maximum absolute atomic E-state index is 10.8. The first kappa shape index (κ1) is 14.5. The van der Waals surface area contributed by atoms with E-state index in [-0.39, 0.29) is 18.6 Å². The lowest BCUT2D eigenvalue weighted by Crippen LogP contribution is -2.23. The molecule has 0 bridgehead atoms. The number of hydrogen-bond donors (Lipinski definition) is 2. The van der Waals surface area contributed by atoms with Crippen molar-refractivity contribution >= 4 is 5.97 Å². The van der Waals surface area contributed by atoms with Gasteiger partial charge in [0.25, 0.3) is 0 Å². The monoisotopic (exact) mass is 251 g/mol. The van der Waals surface area contributed by atoms with Crippen molar-refractivity contribution in [1.82, 2.24) is 5.32 Å². The Morgan fingerprint density at radius 1 is 1.33 bits per heavy atom. The Hall–Kier alpha value is -1.55. The first-order chi connectivity index (χ1) is 8.52. The average Bonchev–Trinajstić information content (AvgIpc) is 2.28. The van der Waals surface area contributed by atoms with E-state index in [0.29, 0.717) is 0 Å². The summed E-state index contributed by atoms with van der Waals surface area (Å²) in [4.78, 5) is 10.8. The van der Waals surface area contributed by atoms with Crippen LogP contribution in [0.25, 0.3) is 0 Å². The van der Waals surface area contributed by atoms with Gasteiger partial charge in [-0.25, -0.2) is 0 Å². The van der Waals surface area contributed by atoms with E-state index >= 15 is 0 Å². The minimum Gasteiger partial charge on any atom is -0.491 e. The summed E-state index contributed by atoms with van der Waals surface area (Å²) >= 11 is 0. The van der Waals surface area contributed by atoms with E-state index in [1.54, 1.807) is 0 Å². The smallest absolute Gasteiger partial charge is 0.305 e. The van der Waals surface area contributed by atoms with Crippen LogP contribution in [0.15, 0.2) is 24.3 Å². The molecule has 0 saturated carbocycles. The van der Waals surface area contributed by atoms with Gasteiger partial charge in [-0.05, 0) is 38.1 Å². The van der Waals surface area contributed by atoms with Crippen LogP contribution in [0.3, 0.4) is 0 Å². The molecule has 2 N–H and O–H groups in total. The summed E-state index contributed by atoms with van der Waals surface area (Å²) in [6, 6.07) is 7.42. The van der Waals surface area contributed by atoms with Crippen LogP contribution in [0.1, 0.15) is 38.8 Å². The van der Waals surface area contributed by atoms with Gasteiger partial charge in [0, 0.05) is 6.04 Å². The molecule has 0 aliphatic rings. The van der Waals surface area contributed by atoms with E-state index in [9.17, 15) is 4.79 Å². The quantitative estimate of drug-likeness (QED) is 0.782. The van der Waals surface area contributed by atoms with Crippen molar-refractivity contribution in [3.05, 3.63) is 29.8 Å². The predicted octanol–water partition coefficient (Wildman–Crippen LogP) is 2.60. The zero-order valence-corrected chi connectivity index (χ0v) is 11.1. The normalized spacial score (nSPS) is 12.4. The molecule has 0 heterocycles. The number of nitrogens with one attached hydrogen (secondary N) is 1. The lowest BCUT2D eigenvalue weighted by molar-refractivity contribution is -0.137. The summed E-state index contributed by atoms with van der Waals surface area (Å²) in [5, 5.41) is 12.0. The zero-order valence-electron chi connectivity index (χ0n) is 11.1. The van der Waals surface area contributed by atoms with Crippen LogP contribution in [0.5, 0.6) is 5.75 Å². The van der Waals surface area contributed by atoms with Crippen LogP contribution < -0.4 is 10.1 Å². The number of carbonyl (C=O) groups is 1. The van der Waals surface area contributed by atoms with Gasteiger partial charge in [0.05, 0.1) is 12.5 Å². The molecule has 0 radical (unpaired) electrons. The van der Waals surface area contributed by atoms with Gasteiger partial charge in [-0.15, -0.1) is 0 Å². The van der Waals surface area contributed by atoms with Crippen molar-refractivity contribution in [2.24, 2.45) is 0 Å². The Balaban J connectivity index is 2.76. The number of benzene rings is 1. The number of rotatable bonds is 7. The molecule has 0 spiro atoms. The standard InChI is InChI=1S/C14H21NO3/c1-4-15-13(9-14(16)17)11-5-7-12(8-6-11)18-10(2)3/h5-8,10,13,15H,4,9H2,1-3H3,(H,16,17). The molecule has 0 fully saturated rings. The molecule has 1 aromatic carbocycles. The van der Waals surface area contributed by atoms with Crippen molar-refractivity contribution in [1.29, 1.82) is 0 Å². The zero-order chi connectivity index (χ0) is 13.5. The van der Waals surface area contributed by atoms with Crippen LogP contribution in [-0.2, 0) is 4.79 Å². The fourth-order valence-corrected chi connectivity index (χ4v) is 1.78. The largest absolute Gasteiger partial charge is 0.491 e. The van der Waals surface area contributed by atoms with Gasteiger partial charge in [-0.1, -0.05) is 19.1 Å². The lowest BCUT2D eigenvalue weighted by Gasteiger charge is -2.17. The Bertz CT molecular complexity index is 373. The summed E-state index contributed by atoms with van der Waals surface area (Å²) in [6.07, 6.45) is 0.220. The summed E-state index contributed by atoms with van der Waals surface area (Å²) in [6.45, 7) is 6.65. The fourth-order valence-electron chi connectivity index (χ4n) is 1.78. The van der Waals surface area contributed by atoms with E-state index in [0.717, 1.165) is 17.9 Å². The second kappa shape index (κ2) is 7.01. The number of ether oxygens (including phenoxy) is 1. The van der Waals surface area contributed by atoms with E-state index in [2.05, 4.69) is 5.32 Å². The highest BCUT2D eigenvalue weighted by molar-refractivity contribution is 5.68. The third-order valence-corrected chi connectivity index (χ3v) is 2.48. The first-order valence-corrected chi connectivity index (χ1v) is 6.24. The summed E-state index contributed by atoms with van der Waals surface area (Å²) in [5.41, 5.74) is 0.968. The maximum atomic E-state index is 10.8. The molecule has 0 aliphatic heterocycles. The molecule has 0 amide bonds. The van der Waals surface area contributed by atoms with Crippen LogP contribution >= 0.6 is 0 Å². The van der Waals surface area contributed by atoms with Gasteiger partial charge >= 0.3 is 5.97 Å². The SMILES string of the molecule is CCNC(CC(=O)O)c1ccc(OC(C)C)cc1. The molecule has 1 atom stereocenters. The molecule has 1 rings (SSSR count). The minimum absolute atomic E-state index is 0.0816. The molecule has 4 nitrogen and oxygen atoms in total. The predicted molar refractivity (Wildman–Crippen MR) is 70.9 cm³/mol.